The van der Waals surface area contributed by atoms with E-state index in [0.717, 1.165) is 12.8 Å². The number of sulfone groups is 1. The van der Waals surface area contributed by atoms with E-state index in [1.165, 1.54) is 30.5 Å². The highest BCUT2D eigenvalue weighted by Crippen LogP contribution is 2.16. The maximum absolute atomic E-state index is 12.4. The average molecular weight is 429 g/mol. The molecule has 2 aromatic rings. The third kappa shape index (κ3) is 7.10. The Labute approximate surface area is 165 Å². The molecule has 1 aromatic heterocycles. The van der Waals surface area contributed by atoms with E-state index in [2.05, 4.69) is 10.0 Å². The van der Waals surface area contributed by atoms with Gasteiger partial charge in [-0.3, -0.25) is 4.79 Å². The fourth-order valence-corrected chi connectivity index (χ4v) is 4.74. The molecule has 1 amide bonds. The van der Waals surface area contributed by atoms with Crippen molar-refractivity contribution in [3.63, 3.8) is 0 Å². The molecular weight excluding hydrogens is 404 g/mol. The van der Waals surface area contributed by atoms with Gasteiger partial charge >= 0.3 is 0 Å². The van der Waals surface area contributed by atoms with Crippen molar-refractivity contribution in [3.8, 4) is 0 Å². The zero-order chi connectivity index (χ0) is 20.6. The van der Waals surface area contributed by atoms with E-state index in [1.807, 2.05) is 6.92 Å². The highest BCUT2D eigenvalue weighted by molar-refractivity contribution is 7.92. The summed E-state index contributed by atoms with van der Waals surface area (Å²) in [6, 6.07) is 8.89. The van der Waals surface area contributed by atoms with E-state index in [9.17, 15) is 21.6 Å². The summed E-state index contributed by atoms with van der Waals surface area (Å²) in [6.07, 6.45) is 3.62. The van der Waals surface area contributed by atoms with E-state index < -0.39 is 31.5 Å². The van der Waals surface area contributed by atoms with Gasteiger partial charge in [-0.2, -0.15) is 0 Å². The summed E-state index contributed by atoms with van der Waals surface area (Å²) in [7, 11) is -7.32. The molecule has 0 aliphatic rings. The largest absolute Gasteiger partial charge is 0.468 e. The number of furan rings is 1. The van der Waals surface area contributed by atoms with Crippen LogP contribution in [-0.4, -0.2) is 34.2 Å². The predicted octanol–water partition coefficient (Wildman–Crippen LogP) is 2.30. The molecule has 0 saturated carbocycles. The number of carbonyl (C=O) groups excluding carboxylic acids is 1. The van der Waals surface area contributed by atoms with E-state index >= 15 is 0 Å². The molecule has 10 heteroatoms. The highest BCUT2D eigenvalue weighted by Gasteiger charge is 2.18. The predicted molar refractivity (Wildman–Crippen MR) is 106 cm³/mol. The van der Waals surface area contributed by atoms with Gasteiger partial charge in [0.25, 0.3) is 0 Å². The van der Waals surface area contributed by atoms with Gasteiger partial charge in [-0.1, -0.05) is 25.8 Å². The van der Waals surface area contributed by atoms with Gasteiger partial charge in [0, 0.05) is 5.69 Å². The maximum atomic E-state index is 12.4. The quantitative estimate of drug-likeness (QED) is 0.530. The molecule has 0 spiro atoms. The Morgan fingerprint density at radius 1 is 1.07 bits per heavy atom. The molecule has 0 aliphatic heterocycles. The minimum Gasteiger partial charge on any atom is -0.468 e. The molecule has 0 bridgehead atoms. The Bertz CT molecular complexity index is 983. The normalized spacial score (nSPS) is 12.0. The first kappa shape index (κ1) is 22.1. The van der Waals surface area contributed by atoms with Crippen molar-refractivity contribution in [2.45, 2.75) is 37.6 Å². The molecular formula is C18H24N2O6S2. The maximum Gasteiger partial charge on any atom is 0.241 e. The van der Waals surface area contributed by atoms with Gasteiger partial charge in [0.05, 0.1) is 23.5 Å². The number of nitrogens with one attached hydrogen (secondary N) is 2. The van der Waals surface area contributed by atoms with Crippen molar-refractivity contribution in [3.05, 3.63) is 48.4 Å². The Hall–Kier alpha value is -2.17. The average Bonchev–Trinajstić information content (AvgIpc) is 3.13. The van der Waals surface area contributed by atoms with Crippen molar-refractivity contribution in [2.24, 2.45) is 0 Å². The standard InChI is InChI=1S/C18H24N2O6S2/c1-2-3-4-11-27(22,23)14-18(21)20-15-7-5-9-17(12-15)28(24,25)19-13-16-8-6-10-26-16/h5-10,12,19H,2-4,11,13-14H2,1H3,(H,20,21). The number of unbranched alkanes of at least 4 members (excludes halogenated alkanes) is 2. The summed E-state index contributed by atoms with van der Waals surface area (Å²) in [5.74, 6) is -0.917. The molecule has 0 aliphatic carbocycles. The van der Waals surface area contributed by atoms with Crippen molar-refractivity contribution in [2.75, 3.05) is 16.8 Å². The molecule has 1 aromatic carbocycles. The summed E-state index contributed by atoms with van der Waals surface area (Å²) >= 11 is 0. The zero-order valence-electron chi connectivity index (χ0n) is 15.6. The number of rotatable bonds is 11. The fraction of sp³-hybridized carbons (Fsp3) is 0.389. The number of amides is 1. The fourth-order valence-electron chi connectivity index (χ4n) is 2.44. The van der Waals surface area contributed by atoms with Gasteiger partial charge in [0.1, 0.15) is 11.5 Å². The van der Waals surface area contributed by atoms with Crippen LogP contribution >= 0.6 is 0 Å². The molecule has 0 fully saturated rings. The minimum absolute atomic E-state index is 0.0120. The molecule has 8 nitrogen and oxygen atoms in total. The van der Waals surface area contributed by atoms with E-state index in [1.54, 1.807) is 12.1 Å². The first-order valence-corrected chi connectivity index (χ1v) is 12.1. The summed E-state index contributed by atoms with van der Waals surface area (Å²) in [6.45, 7) is 1.95. The van der Waals surface area contributed by atoms with Crippen LogP contribution in [0.15, 0.2) is 52.0 Å². The molecule has 0 unspecified atom stereocenters. The van der Waals surface area contributed by atoms with Crippen LogP contribution in [0.3, 0.4) is 0 Å². The van der Waals surface area contributed by atoms with E-state index in [-0.39, 0.29) is 22.9 Å². The monoisotopic (exact) mass is 428 g/mol. The molecule has 1 heterocycles. The zero-order valence-corrected chi connectivity index (χ0v) is 17.2. The summed E-state index contributed by atoms with van der Waals surface area (Å²) in [5, 5.41) is 2.44. The van der Waals surface area contributed by atoms with E-state index in [0.29, 0.717) is 12.2 Å². The highest BCUT2D eigenvalue weighted by atomic mass is 32.2. The molecule has 2 rings (SSSR count). The van der Waals surface area contributed by atoms with Crippen LogP contribution in [0.4, 0.5) is 5.69 Å². The van der Waals surface area contributed by atoms with Gasteiger partial charge < -0.3 is 9.73 Å². The lowest BCUT2D eigenvalue weighted by atomic mass is 10.3. The van der Waals surface area contributed by atoms with Crippen LogP contribution in [0.25, 0.3) is 0 Å². The number of benzene rings is 1. The lowest BCUT2D eigenvalue weighted by Crippen LogP contribution is -2.25. The van der Waals surface area contributed by atoms with Crippen LogP contribution in [0.1, 0.15) is 31.9 Å². The first-order chi connectivity index (χ1) is 13.2. The number of hydrogen-bond donors (Lipinski definition) is 2. The van der Waals surface area contributed by atoms with Gasteiger partial charge in [-0.25, -0.2) is 21.6 Å². The molecule has 28 heavy (non-hydrogen) atoms. The minimum atomic E-state index is -3.82. The first-order valence-electron chi connectivity index (χ1n) is 8.84. The van der Waals surface area contributed by atoms with E-state index in [4.69, 9.17) is 4.42 Å². The second-order valence-electron chi connectivity index (χ2n) is 6.28. The number of anilines is 1. The molecule has 0 radical (unpaired) electrons. The Kier molecular flexibility index (Phi) is 7.78. The third-order valence-corrected chi connectivity index (χ3v) is 6.87. The molecule has 0 atom stereocenters. The summed E-state index contributed by atoms with van der Waals surface area (Å²) in [5.41, 5.74) is 0.203. The number of hydrogen-bond acceptors (Lipinski definition) is 6. The Balaban J connectivity index is 1.99. The van der Waals surface area contributed by atoms with Crippen LogP contribution in [-0.2, 0) is 31.2 Å². The van der Waals surface area contributed by atoms with Crippen molar-refractivity contribution >= 4 is 31.5 Å². The summed E-state index contributed by atoms with van der Waals surface area (Å²) in [4.78, 5) is 12.0. The van der Waals surface area contributed by atoms with Gasteiger partial charge in [-0.05, 0) is 36.8 Å². The van der Waals surface area contributed by atoms with Crippen molar-refractivity contribution < 1.29 is 26.0 Å². The Morgan fingerprint density at radius 2 is 1.86 bits per heavy atom. The van der Waals surface area contributed by atoms with Gasteiger partial charge in [0.2, 0.25) is 15.9 Å². The van der Waals surface area contributed by atoms with Crippen LogP contribution in [0.2, 0.25) is 0 Å². The van der Waals surface area contributed by atoms with Crippen LogP contribution < -0.4 is 10.0 Å². The second-order valence-corrected chi connectivity index (χ2v) is 10.2. The molecule has 0 saturated heterocycles. The smallest absolute Gasteiger partial charge is 0.241 e. The lowest BCUT2D eigenvalue weighted by Gasteiger charge is -2.09. The topological polar surface area (TPSA) is 123 Å². The SMILES string of the molecule is CCCCCS(=O)(=O)CC(=O)Nc1cccc(S(=O)(=O)NCc2ccco2)c1. The van der Waals surface area contributed by atoms with Crippen LogP contribution in [0, 0.1) is 0 Å². The van der Waals surface area contributed by atoms with Crippen molar-refractivity contribution in [1.29, 1.82) is 0 Å². The number of carbonyl (C=O) groups is 1. The third-order valence-electron chi connectivity index (χ3n) is 3.85. The molecule has 2 N–H and O–H groups in total. The lowest BCUT2D eigenvalue weighted by molar-refractivity contribution is -0.113. The number of sulfonamides is 1. The Morgan fingerprint density at radius 3 is 2.54 bits per heavy atom. The van der Waals surface area contributed by atoms with Gasteiger partial charge in [0.15, 0.2) is 9.84 Å². The summed E-state index contributed by atoms with van der Waals surface area (Å²) < 4.78 is 56.1. The van der Waals surface area contributed by atoms with Crippen molar-refractivity contribution in [1.82, 2.24) is 4.72 Å². The van der Waals surface area contributed by atoms with Gasteiger partial charge in [-0.15, -0.1) is 0 Å². The molecule has 154 valence electrons. The second kappa shape index (κ2) is 9.85. The van der Waals surface area contributed by atoms with Crippen LogP contribution in [0.5, 0.6) is 0 Å².